The molecule has 0 aliphatic heterocycles. The summed E-state index contributed by atoms with van der Waals surface area (Å²) in [4.78, 5) is 13.8. The Labute approximate surface area is 105 Å². The molecular weight excluding hydrogens is 293 g/mol. The molecule has 1 aromatic rings. The summed E-state index contributed by atoms with van der Waals surface area (Å²) < 4.78 is 17.7. The van der Waals surface area contributed by atoms with Crippen molar-refractivity contribution in [3.63, 3.8) is 0 Å². The van der Waals surface area contributed by atoms with Gasteiger partial charge in [-0.3, -0.25) is 0 Å². The molecule has 0 atom stereocenters. The normalized spacial score (nSPS) is 10.6. The molecule has 1 aromatic carbocycles. The average molecular weight is 300 g/mol. The van der Waals surface area contributed by atoms with Crippen molar-refractivity contribution in [3.05, 3.63) is 50.2 Å². The summed E-state index contributed by atoms with van der Waals surface area (Å²) in [6.07, 6.45) is 1.30. The van der Waals surface area contributed by atoms with E-state index in [9.17, 15) is 9.18 Å². The molecule has 17 heavy (non-hydrogen) atoms. The maximum absolute atomic E-state index is 12.8. The van der Waals surface area contributed by atoms with Gasteiger partial charge in [-0.25, -0.2) is 9.18 Å². The molecule has 0 aliphatic rings. The average Bonchev–Trinajstić information content (AvgIpc) is 2.30. The second-order valence-corrected chi connectivity index (χ2v) is 3.73. The molecular formula is C10H7BrFN3O2. The molecule has 0 radical (unpaired) electrons. The Morgan fingerprint density at radius 2 is 2.35 bits per heavy atom. The Morgan fingerprint density at radius 1 is 1.65 bits per heavy atom. The van der Waals surface area contributed by atoms with E-state index in [4.69, 9.17) is 5.53 Å². The van der Waals surface area contributed by atoms with Crippen LogP contribution in [0.5, 0.6) is 0 Å². The number of carbonyl (C=O) groups is 1. The van der Waals surface area contributed by atoms with Crippen LogP contribution in [0.1, 0.15) is 5.56 Å². The van der Waals surface area contributed by atoms with Gasteiger partial charge in [0.15, 0.2) is 0 Å². The Balaban J connectivity index is 3.21. The topological polar surface area (TPSA) is 75.1 Å². The lowest BCUT2D eigenvalue weighted by molar-refractivity contribution is -0.136. The minimum Gasteiger partial charge on any atom is -0.466 e. The van der Waals surface area contributed by atoms with Crippen LogP contribution < -0.4 is 0 Å². The van der Waals surface area contributed by atoms with E-state index in [-0.39, 0.29) is 5.70 Å². The van der Waals surface area contributed by atoms with Crippen molar-refractivity contribution >= 4 is 28.0 Å². The highest BCUT2D eigenvalue weighted by molar-refractivity contribution is 9.10. The number of halogens is 2. The number of carbonyl (C=O) groups excluding carboxylic acids is 1. The van der Waals surface area contributed by atoms with Crippen molar-refractivity contribution in [1.82, 2.24) is 0 Å². The Hall–Kier alpha value is -1.85. The van der Waals surface area contributed by atoms with Crippen molar-refractivity contribution in [2.45, 2.75) is 0 Å². The first-order valence-corrected chi connectivity index (χ1v) is 5.18. The van der Waals surface area contributed by atoms with Gasteiger partial charge in [0.1, 0.15) is 11.5 Å². The molecule has 0 aromatic heterocycles. The van der Waals surface area contributed by atoms with Crippen LogP contribution in [0.3, 0.4) is 0 Å². The molecule has 0 bridgehead atoms. The third kappa shape index (κ3) is 3.58. The van der Waals surface area contributed by atoms with Gasteiger partial charge in [-0.2, -0.15) is 0 Å². The van der Waals surface area contributed by atoms with Gasteiger partial charge in [-0.15, -0.1) is 0 Å². The number of benzene rings is 1. The Morgan fingerprint density at radius 3 is 2.88 bits per heavy atom. The summed E-state index contributed by atoms with van der Waals surface area (Å²) in [6.45, 7) is 0. The molecule has 0 heterocycles. The molecule has 88 valence electrons. The highest BCUT2D eigenvalue weighted by Gasteiger charge is 2.08. The highest BCUT2D eigenvalue weighted by Crippen LogP contribution is 2.21. The Bertz CT molecular complexity index is 524. The molecule has 0 saturated carbocycles. The van der Waals surface area contributed by atoms with Gasteiger partial charge in [-0.05, 0) is 29.3 Å². The third-order valence-electron chi connectivity index (χ3n) is 1.80. The predicted octanol–water partition coefficient (Wildman–Crippen LogP) is 3.41. The first kappa shape index (κ1) is 13.2. The quantitative estimate of drug-likeness (QED) is 0.282. The van der Waals surface area contributed by atoms with Gasteiger partial charge in [0, 0.05) is 9.38 Å². The first-order chi connectivity index (χ1) is 8.08. The van der Waals surface area contributed by atoms with E-state index in [2.05, 4.69) is 30.7 Å². The lowest BCUT2D eigenvalue weighted by Gasteiger charge is -2.01. The van der Waals surface area contributed by atoms with Crippen molar-refractivity contribution in [3.8, 4) is 0 Å². The molecule has 0 spiro atoms. The smallest absolute Gasteiger partial charge is 0.340 e. The minimum atomic E-state index is -0.765. The maximum Gasteiger partial charge on any atom is 0.340 e. The number of rotatable bonds is 3. The number of nitrogens with zero attached hydrogens (tertiary/aromatic N) is 3. The maximum atomic E-state index is 12.8. The van der Waals surface area contributed by atoms with Crippen molar-refractivity contribution in [2.24, 2.45) is 5.11 Å². The zero-order valence-corrected chi connectivity index (χ0v) is 10.3. The van der Waals surface area contributed by atoms with Crippen molar-refractivity contribution in [2.75, 3.05) is 7.11 Å². The van der Waals surface area contributed by atoms with Crippen LogP contribution >= 0.6 is 15.9 Å². The minimum absolute atomic E-state index is 0.206. The summed E-state index contributed by atoms with van der Waals surface area (Å²) in [6, 6.07) is 3.90. The number of hydrogen-bond acceptors (Lipinski definition) is 3. The fourth-order valence-electron chi connectivity index (χ4n) is 1.05. The summed E-state index contributed by atoms with van der Waals surface area (Å²) >= 11 is 3.13. The fraction of sp³-hybridized carbons (Fsp3) is 0.100. The molecule has 0 saturated heterocycles. The lowest BCUT2D eigenvalue weighted by Crippen LogP contribution is -2.02. The van der Waals surface area contributed by atoms with Crippen LogP contribution in [0.15, 0.2) is 33.5 Å². The summed E-state index contributed by atoms with van der Waals surface area (Å²) in [7, 11) is 1.17. The molecule has 0 amide bonds. The lowest BCUT2D eigenvalue weighted by atomic mass is 10.2. The molecule has 0 fully saturated rings. The second-order valence-electron chi connectivity index (χ2n) is 2.88. The number of hydrogen-bond donors (Lipinski definition) is 0. The van der Waals surface area contributed by atoms with Crippen molar-refractivity contribution < 1.29 is 13.9 Å². The van der Waals surface area contributed by atoms with Gasteiger partial charge in [0.25, 0.3) is 0 Å². The third-order valence-corrected chi connectivity index (χ3v) is 2.49. The summed E-state index contributed by atoms with van der Waals surface area (Å²) in [5.41, 5.74) is 8.60. The molecule has 5 nitrogen and oxygen atoms in total. The van der Waals surface area contributed by atoms with Gasteiger partial charge in [-0.1, -0.05) is 27.1 Å². The van der Waals surface area contributed by atoms with Crippen LogP contribution in [0.4, 0.5) is 4.39 Å². The van der Waals surface area contributed by atoms with Gasteiger partial charge < -0.3 is 4.74 Å². The van der Waals surface area contributed by atoms with Crippen molar-refractivity contribution in [1.29, 1.82) is 0 Å². The van der Waals surface area contributed by atoms with E-state index in [1.54, 1.807) is 0 Å². The molecule has 1 rings (SSSR count). The second kappa shape index (κ2) is 6.03. The Kier molecular flexibility index (Phi) is 4.68. The zero-order chi connectivity index (χ0) is 12.8. The van der Waals surface area contributed by atoms with Gasteiger partial charge in [0.05, 0.1) is 7.11 Å². The highest BCUT2D eigenvalue weighted by atomic mass is 79.9. The van der Waals surface area contributed by atoms with Gasteiger partial charge in [0.2, 0.25) is 0 Å². The van der Waals surface area contributed by atoms with Crippen LogP contribution in [-0.2, 0) is 9.53 Å². The SMILES string of the molecule is COC(=O)/C(=C/c1ccc(F)cc1Br)N=[N+]=[N-]. The molecule has 0 N–H and O–H groups in total. The monoisotopic (exact) mass is 299 g/mol. The number of methoxy groups -OCH3 is 1. The van der Waals surface area contributed by atoms with E-state index >= 15 is 0 Å². The molecule has 0 aliphatic carbocycles. The fourth-order valence-corrected chi connectivity index (χ4v) is 1.51. The molecule has 7 heteroatoms. The van der Waals surface area contributed by atoms with E-state index in [0.29, 0.717) is 10.0 Å². The molecule has 0 unspecified atom stereocenters. The summed E-state index contributed by atoms with van der Waals surface area (Å²) in [5.74, 6) is -1.18. The first-order valence-electron chi connectivity index (χ1n) is 4.38. The zero-order valence-electron chi connectivity index (χ0n) is 8.72. The van der Waals surface area contributed by atoms with Gasteiger partial charge >= 0.3 is 5.97 Å². The van der Waals surface area contributed by atoms with Crippen LogP contribution in [0.25, 0.3) is 16.5 Å². The van der Waals surface area contributed by atoms with Crippen LogP contribution in [0.2, 0.25) is 0 Å². The number of azide groups is 1. The predicted molar refractivity (Wildman–Crippen MR) is 63.2 cm³/mol. The largest absolute Gasteiger partial charge is 0.466 e. The van der Waals surface area contributed by atoms with E-state index in [0.717, 1.165) is 0 Å². The van der Waals surface area contributed by atoms with E-state index in [1.165, 1.54) is 31.4 Å². The summed E-state index contributed by atoms with van der Waals surface area (Å²) in [5, 5.41) is 3.21. The van der Waals surface area contributed by atoms with E-state index < -0.39 is 11.8 Å². The number of ether oxygens (including phenoxy) is 1. The van der Waals surface area contributed by atoms with Crippen LogP contribution in [0, 0.1) is 5.82 Å². The standard InChI is InChI=1S/C10H7BrFN3O2/c1-17-10(16)9(14-15-13)4-6-2-3-7(12)5-8(6)11/h2-5H,1H3/b9-4-. The number of esters is 1. The van der Waals surface area contributed by atoms with E-state index in [1.807, 2.05) is 0 Å². The van der Waals surface area contributed by atoms with Crippen LogP contribution in [-0.4, -0.2) is 13.1 Å².